The molecule has 5 nitrogen and oxygen atoms in total. The summed E-state index contributed by atoms with van der Waals surface area (Å²) in [5.74, 6) is -0.602. The van der Waals surface area contributed by atoms with Crippen LogP contribution in [0.5, 0.6) is 5.88 Å². The summed E-state index contributed by atoms with van der Waals surface area (Å²) >= 11 is 0. The average molecular weight is 170 g/mol. The van der Waals surface area contributed by atoms with Crippen LogP contribution >= 0.6 is 0 Å². The minimum atomic E-state index is -0.989. The van der Waals surface area contributed by atoms with Crippen molar-refractivity contribution >= 4 is 5.97 Å². The first-order valence-corrected chi connectivity index (χ1v) is 3.62. The molecule has 0 spiro atoms. The second-order valence-corrected chi connectivity index (χ2v) is 2.41. The van der Waals surface area contributed by atoms with Crippen molar-refractivity contribution in [2.45, 2.75) is 19.8 Å². The van der Waals surface area contributed by atoms with Crippen molar-refractivity contribution in [2.75, 3.05) is 0 Å². The highest BCUT2D eigenvalue weighted by atomic mass is 16.4. The molecular formula is C7H10N2O3. The Balaban J connectivity index is 2.84. The number of carboxylic acids is 1. The molecule has 0 aliphatic rings. The molecule has 66 valence electrons. The lowest BCUT2D eigenvalue weighted by Gasteiger charge is -1.90. The summed E-state index contributed by atoms with van der Waals surface area (Å²) in [5, 5.41) is 17.5. The number of H-pyrrole nitrogens is 1. The second-order valence-electron chi connectivity index (χ2n) is 2.41. The first kappa shape index (κ1) is 8.58. The summed E-state index contributed by atoms with van der Waals surface area (Å²) < 4.78 is 0. The van der Waals surface area contributed by atoms with Crippen LogP contribution in [0.4, 0.5) is 0 Å². The molecule has 1 rings (SSSR count). The normalized spacial score (nSPS) is 10.1. The second kappa shape index (κ2) is 3.25. The van der Waals surface area contributed by atoms with Crippen LogP contribution in [0.3, 0.4) is 0 Å². The van der Waals surface area contributed by atoms with Crippen LogP contribution in [-0.4, -0.2) is 26.2 Å². The number of rotatable bonds is 3. The minimum Gasteiger partial charge on any atom is -0.492 e. The fourth-order valence-corrected chi connectivity index (χ4v) is 0.895. The van der Waals surface area contributed by atoms with E-state index in [4.69, 9.17) is 10.2 Å². The van der Waals surface area contributed by atoms with E-state index in [1.165, 1.54) is 0 Å². The Kier molecular flexibility index (Phi) is 2.32. The fraction of sp³-hybridized carbons (Fsp3) is 0.429. The van der Waals surface area contributed by atoms with Gasteiger partial charge in [-0.25, -0.2) is 0 Å². The maximum absolute atomic E-state index is 10.3. The third-order valence-corrected chi connectivity index (χ3v) is 1.47. The van der Waals surface area contributed by atoms with Gasteiger partial charge in [0, 0.05) is 6.42 Å². The molecule has 0 radical (unpaired) electrons. The summed E-state index contributed by atoms with van der Waals surface area (Å²) in [6.45, 7) is 1.86. The van der Waals surface area contributed by atoms with E-state index in [0.29, 0.717) is 12.2 Å². The van der Waals surface area contributed by atoms with Crippen LogP contribution in [0, 0.1) is 0 Å². The zero-order valence-corrected chi connectivity index (χ0v) is 6.66. The number of aliphatic carboxylic acids is 1. The van der Waals surface area contributed by atoms with Gasteiger partial charge in [0.2, 0.25) is 5.88 Å². The minimum absolute atomic E-state index is 0.214. The molecule has 0 aliphatic carbocycles. The number of hydrogen-bond acceptors (Lipinski definition) is 3. The number of carbonyl (C=O) groups is 1. The molecule has 0 atom stereocenters. The summed E-state index contributed by atoms with van der Waals surface area (Å²) in [7, 11) is 0. The largest absolute Gasteiger partial charge is 0.492 e. The highest BCUT2D eigenvalue weighted by molar-refractivity contribution is 5.70. The number of aromatic hydroxyl groups is 1. The predicted octanol–water partition coefficient (Wildman–Crippen LogP) is 0.305. The first-order chi connectivity index (χ1) is 5.63. The van der Waals surface area contributed by atoms with E-state index >= 15 is 0 Å². The molecule has 5 heteroatoms. The molecule has 0 aliphatic heterocycles. The van der Waals surface area contributed by atoms with Crippen LogP contribution < -0.4 is 0 Å². The Bertz CT molecular complexity index is 293. The number of hydrogen-bond donors (Lipinski definition) is 3. The van der Waals surface area contributed by atoms with Crippen molar-refractivity contribution in [2.24, 2.45) is 0 Å². The molecule has 0 aromatic carbocycles. The number of carboxylic acid groups (broad SMARTS) is 1. The van der Waals surface area contributed by atoms with Gasteiger partial charge in [-0.1, -0.05) is 6.92 Å². The maximum Gasteiger partial charge on any atom is 0.309 e. The molecule has 0 bridgehead atoms. The number of aryl methyl sites for hydroxylation is 1. The number of nitrogens with zero attached hydrogens (tertiary/aromatic N) is 1. The van der Waals surface area contributed by atoms with Gasteiger partial charge in [-0.15, -0.1) is 0 Å². The van der Waals surface area contributed by atoms with Crippen LogP contribution in [0.15, 0.2) is 0 Å². The smallest absolute Gasteiger partial charge is 0.309 e. The Morgan fingerprint density at radius 2 is 2.33 bits per heavy atom. The van der Waals surface area contributed by atoms with E-state index in [-0.39, 0.29) is 18.0 Å². The molecule has 0 unspecified atom stereocenters. The molecule has 0 amide bonds. The van der Waals surface area contributed by atoms with Gasteiger partial charge in [0.15, 0.2) is 0 Å². The molecule has 1 aromatic rings. The van der Waals surface area contributed by atoms with Crippen molar-refractivity contribution in [3.8, 4) is 5.88 Å². The third-order valence-electron chi connectivity index (χ3n) is 1.47. The maximum atomic E-state index is 10.3. The lowest BCUT2D eigenvalue weighted by molar-refractivity contribution is -0.136. The van der Waals surface area contributed by atoms with Gasteiger partial charge in [0.1, 0.15) is 5.82 Å². The van der Waals surface area contributed by atoms with Crippen LogP contribution in [0.25, 0.3) is 0 Å². The zero-order valence-electron chi connectivity index (χ0n) is 6.66. The van der Waals surface area contributed by atoms with Gasteiger partial charge in [-0.3, -0.25) is 4.79 Å². The molecule has 1 aromatic heterocycles. The molecule has 3 N–H and O–H groups in total. The van der Waals surface area contributed by atoms with Gasteiger partial charge in [-0.05, 0) is 0 Å². The van der Waals surface area contributed by atoms with E-state index in [1.54, 1.807) is 0 Å². The summed E-state index contributed by atoms with van der Waals surface area (Å²) in [4.78, 5) is 16.7. The van der Waals surface area contributed by atoms with Gasteiger partial charge in [0.25, 0.3) is 0 Å². The van der Waals surface area contributed by atoms with Gasteiger partial charge >= 0.3 is 5.97 Å². The van der Waals surface area contributed by atoms with Crippen LogP contribution in [-0.2, 0) is 17.6 Å². The third kappa shape index (κ3) is 1.75. The summed E-state index contributed by atoms with van der Waals surface area (Å²) in [6.07, 6.45) is 0.423. The van der Waals surface area contributed by atoms with Gasteiger partial charge in [-0.2, -0.15) is 4.98 Å². The average Bonchev–Trinajstić information content (AvgIpc) is 2.31. The molecular weight excluding hydrogens is 160 g/mol. The topological polar surface area (TPSA) is 86.2 Å². The SMILES string of the molecule is CCc1nc(O)c(CC(=O)O)[nH]1. The van der Waals surface area contributed by atoms with Crippen molar-refractivity contribution < 1.29 is 15.0 Å². The monoisotopic (exact) mass is 170 g/mol. The van der Waals surface area contributed by atoms with Crippen molar-refractivity contribution in [3.63, 3.8) is 0 Å². The Hall–Kier alpha value is -1.52. The van der Waals surface area contributed by atoms with Gasteiger partial charge in [0.05, 0.1) is 12.1 Å². The van der Waals surface area contributed by atoms with Crippen molar-refractivity contribution in [3.05, 3.63) is 11.5 Å². The molecule has 12 heavy (non-hydrogen) atoms. The van der Waals surface area contributed by atoms with E-state index in [2.05, 4.69) is 9.97 Å². The Morgan fingerprint density at radius 3 is 2.75 bits per heavy atom. The Labute approximate surface area is 69.1 Å². The predicted molar refractivity (Wildman–Crippen MR) is 41.0 cm³/mol. The summed E-state index contributed by atoms with van der Waals surface area (Å²) in [5.41, 5.74) is 0.263. The van der Waals surface area contributed by atoms with Crippen molar-refractivity contribution in [1.29, 1.82) is 0 Å². The zero-order chi connectivity index (χ0) is 9.14. The highest BCUT2D eigenvalue weighted by Gasteiger charge is 2.10. The number of imidazole rings is 1. The molecule has 0 saturated heterocycles. The van der Waals surface area contributed by atoms with Crippen LogP contribution in [0.2, 0.25) is 0 Å². The van der Waals surface area contributed by atoms with E-state index in [0.717, 1.165) is 0 Å². The lowest BCUT2D eigenvalue weighted by Crippen LogP contribution is -2.00. The number of nitrogens with one attached hydrogen (secondary N) is 1. The quantitative estimate of drug-likeness (QED) is 0.609. The first-order valence-electron chi connectivity index (χ1n) is 3.62. The van der Waals surface area contributed by atoms with E-state index < -0.39 is 5.97 Å². The lowest BCUT2D eigenvalue weighted by atomic mass is 10.3. The van der Waals surface area contributed by atoms with E-state index in [1.807, 2.05) is 6.92 Å². The molecule has 0 saturated carbocycles. The fourth-order valence-electron chi connectivity index (χ4n) is 0.895. The Morgan fingerprint density at radius 1 is 1.67 bits per heavy atom. The number of aromatic nitrogens is 2. The summed E-state index contributed by atoms with van der Waals surface area (Å²) in [6, 6.07) is 0. The standard InChI is InChI=1S/C7H10N2O3/c1-2-5-8-4(3-6(10)11)7(12)9-5/h12H,2-3H2,1H3,(H,8,9)(H,10,11). The molecule has 0 fully saturated rings. The van der Waals surface area contributed by atoms with E-state index in [9.17, 15) is 4.79 Å². The number of aromatic amines is 1. The van der Waals surface area contributed by atoms with Crippen LogP contribution in [0.1, 0.15) is 18.4 Å². The molecule has 1 heterocycles. The van der Waals surface area contributed by atoms with Crippen molar-refractivity contribution in [1.82, 2.24) is 9.97 Å². The van der Waals surface area contributed by atoms with Gasteiger partial charge < -0.3 is 15.2 Å². The highest BCUT2D eigenvalue weighted by Crippen LogP contribution is 2.13.